The van der Waals surface area contributed by atoms with Crippen LogP contribution >= 0.6 is 35.6 Å². The summed E-state index contributed by atoms with van der Waals surface area (Å²) >= 11 is 11.6. The van der Waals surface area contributed by atoms with Crippen molar-refractivity contribution in [3.8, 4) is 0 Å². The fourth-order valence-electron chi connectivity index (χ4n) is 1.50. The quantitative estimate of drug-likeness (QED) is 0.359. The topological polar surface area (TPSA) is 75.5 Å². The Labute approximate surface area is 150 Å². The number of hydrogen-bond donors (Lipinski definition) is 1. The zero-order chi connectivity index (χ0) is 15.8. The van der Waals surface area contributed by atoms with Crippen LogP contribution in [-0.4, -0.2) is 12.2 Å². The maximum Gasteiger partial charge on any atom is 0.259 e. The molecular weight excluding hydrogens is 357 g/mol. The molecule has 2 N–H and O–H groups in total. The zero-order valence-electron chi connectivity index (χ0n) is 11.9. The molecule has 0 aliphatic heterocycles. The largest absolute Gasteiger partial charge is 0.365 e. The summed E-state index contributed by atoms with van der Waals surface area (Å²) in [5.41, 5.74) is 7.42. The highest BCUT2D eigenvalue weighted by atomic mass is 35.5. The lowest BCUT2D eigenvalue weighted by atomic mass is 10.2. The first-order valence-corrected chi connectivity index (χ1v) is 7.13. The van der Waals surface area contributed by atoms with Gasteiger partial charge in [0.25, 0.3) is 5.96 Å². The second-order valence-corrected chi connectivity index (χ2v) is 5.15. The summed E-state index contributed by atoms with van der Waals surface area (Å²) in [5.74, 6) is -0.0147. The Morgan fingerprint density at radius 2 is 1.52 bits per heavy atom. The number of azo groups is 1. The standard InChI is InChI=1S/C15H13Cl2N5.ClH/c16-13-5-1-11(2-6-13)9-19-21-15(18)22-20-10-12-3-7-14(17)8-4-12;/h1-9H,10H2,(H2,18,21);1H/b19-9+,22-20?;. The SMILES string of the molecule is Cl.NC(N=NCc1ccc(Cl)cc1)=N/N=C/c1ccc(Cl)cc1. The minimum absolute atomic E-state index is 0. The molecule has 0 unspecified atom stereocenters. The van der Waals surface area contributed by atoms with E-state index in [1.165, 1.54) is 0 Å². The van der Waals surface area contributed by atoms with Gasteiger partial charge in [0.1, 0.15) is 0 Å². The van der Waals surface area contributed by atoms with E-state index in [4.69, 9.17) is 28.9 Å². The molecule has 0 bridgehead atoms. The lowest BCUT2D eigenvalue weighted by Gasteiger charge is -1.95. The minimum Gasteiger partial charge on any atom is -0.365 e. The molecule has 0 saturated heterocycles. The highest BCUT2D eigenvalue weighted by Gasteiger charge is 1.92. The Kier molecular flexibility index (Phi) is 8.26. The number of guanidine groups is 1. The van der Waals surface area contributed by atoms with Crippen molar-refractivity contribution in [2.75, 3.05) is 0 Å². The molecule has 0 fully saturated rings. The highest BCUT2D eigenvalue weighted by Crippen LogP contribution is 2.10. The predicted octanol–water partition coefficient (Wildman–Crippen LogP) is 4.72. The Morgan fingerprint density at radius 1 is 0.957 bits per heavy atom. The lowest BCUT2D eigenvalue weighted by molar-refractivity contribution is 0.962. The van der Waals surface area contributed by atoms with Crippen molar-refractivity contribution in [2.45, 2.75) is 6.54 Å². The van der Waals surface area contributed by atoms with Gasteiger partial charge in [-0.25, -0.2) is 0 Å². The fraction of sp³-hybridized carbons (Fsp3) is 0.0667. The van der Waals surface area contributed by atoms with Gasteiger partial charge in [-0.1, -0.05) is 47.5 Å². The Bertz CT molecular complexity index is 694. The summed E-state index contributed by atoms with van der Waals surface area (Å²) in [6, 6.07) is 14.5. The average Bonchev–Trinajstić information content (AvgIpc) is 2.51. The third-order valence-corrected chi connectivity index (χ3v) is 3.08. The normalized spacial score (nSPS) is 11.8. The molecule has 5 nitrogen and oxygen atoms in total. The summed E-state index contributed by atoms with van der Waals surface area (Å²) < 4.78 is 0. The number of hydrogen-bond acceptors (Lipinski definition) is 3. The molecule has 8 heteroatoms. The first kappa shape index (κ1) is 19.1. The van der Waals surface area contributed by atoms with Crippen LogP contribution in [0.5, 0.6) is 0 Å². The summed E-state index contributed by atoms with van der Waals surface area (Å²) in [6.07, 6.45) is 1.55. The number of benzene rings is 2. The third-order valence-electron chi connectivity index (χ3n) is 2.58. The van der Waals surface area contributed by atoms with Crippen LogP contribution < -0.4 is 5.73 Å². The van der Waals surface area contributed by atoms with Crippen molar-refractivity contribution < 1.29 is 0 Å². The van der Waals surface area contributed by atoms with Gasteiger partial charge in [0, 0.05) is 10.0 Å². The average molecular weight is 371 g/mol. The monoisotopic (exact) mass is 369 g/mol. The molecule has 2 rings (SSSR count). The van der Waals surface area contributed by atoms with E-state index < -0.39 is 0 Å². The van der Waals surface area contributed by atoms with Gasteiger partial charge in [-0.2, -0.15) is 10.2 Å². The van der Waals surface area contributed by atoms with Crippen LogP contribution in [0.2, 0.25) is 10.0 Å². The molecule has 2 aromatic rings. The van der Waals surface area contributed by atoms with Crippen LogP contribution in [0.15, 0.2) is 69.0 Å². The molecule has 0 radical (unpaired) electrons. The van der Waals surface area contributed by atoms with E-state index in [1.807, 2.05) is 24.3 Å². The van der Waals surface area contributed by atoms with Gasteiger partial charge < -0.3 is 5.73 Å². The van der Waals surface area contributed by atoms with Crippen molar-refractivity contribution >= 4 is 47.8 Å². The van der Waals surface area contributed by atoms with Crippen molar-refractivity contribution in [1.82, 2.24) is 0 Å². The van der Waals surface area contributed by atoms with Crippen molar-refractivity contribution in [3.05, 3.63) is 69.7 Å². The Morgan fingerprint density at radius 3 is 2.13 bits per heavy atom. The first-order chi connectivity index (χ1) is 10.6. The number of halogens is 3. The third kappa shape index (κ3) is 7.23. The van der Waals surface area contributed by atoms with Gasteiger partial charge in [-0.05, 0) is 35.4 Å². The van der Waals surface area contributed by atoms with Gasteiger partial charge in [-0.15, -0.1) is 22.6 Å². The van der Waals surface area contributed by atoms with Gasteiger partial charge in [0.05, 0.1) is 12.8 Å². The summed E-state index contributed by atoms with van der Waals surface area (Å²) in [5, 5.41) is 16.6. The fourth-order valence-corrected chi connectivity index (χ4v) is 1.75. The molecule has 2 aromatic carbocycles. The van der Waals surface area contributed by atoms with Gasteiger partial charge in [0.2, 0.25) is 0 Å². The van der Waals surface area contributed by atoms with E-state index in [0.29, 0.717) is 16.6 Å². The van der Waals surface area contributed by atoms with E-state index >= 15 is 0 Å². The van der Waals surface area contributed by atoms with E-state index in [9.17, 15) is 0 Å². The van der Waals surface area contributed by atoms with E-state index in [1.54, 1.807) is 30.5 Å². The van der Waals surface area contributed by atoms with Crippen molar-refractivity contribution in [3.63, 3.8) is 0 Å². The molecule has 0 atom stereocenters. The van der Waals surface area contributed by atoms with Crippen LogP contribution in [-0.2, 0) is 6.54 Å². The van der Waals surface area contributed by atoms with Gasteiger partial charge in [0.15, 0.2) is 0 Å². The molecule has 0 spiro atoms. The van der Waals surface area contributed by atoms with Crippen LogP contribution in [0.1, 0.15) is 11.1 Å². The zero-order valence-corrected chi connectivity index (χ0v) is 14.3. The Balaban J connectivity index is 0.00000264. The van der Waals surface area contributed by atoms with E-state index in [0.717, 1.165) is 11.1 Å². The first-order valence-electron chi connectivity index (χ1n) is 6.37. The molecule has 0 amide bonds. The van der Waals surface area contributed by atoms with Crippen LogP contribution in [0, 0.1) is 0 Å². The maximum atomic E-state index is 5.80. The molecule has 120 valence electrons. The lowest BCUT2D eigenvalue weighted by Crippen LogP contribution is -2.06. The molecule has 0 heterocycles. The smallest absolute Gasteiger partial charge is 0.259 e. The summed E-state index contributed by atoms with van der Waals surface area (Å²) in [6.45, 7) is 0.397. The second-order valence-electron chi connectivity index (χ2n) is 4.28. The molecule has 0 aromatic heterocycles. The molecule has 0 aliphatic rings. The van der Waals surface area contributed by atoms with E-state index in [-0.39, 0.29) is 18.4 Å². The molecule has 23 heavy (non-hydrogen) atoms. The Hall–Kier alpha value is -1.95. The van der Waals surface area contributed by atoms with Crippen LogP contribution in [0.3, 0.4) is 0 Å². The van der Waals surface area contributed by atoms with Crippen LogP contribution in [0.4, 0.5) is 0 Å². The number of rotatable bonds is 4. The van der Waals surface area contributed by atoms with Crippen molar-refractivity contribution in [1.29, 1.82) is 0 Å². The predicted molar refractivity (Wildman–Crippen MR) is 97.9 cm³/mol. The number of nitrogens with two attached hydrogens (primary N) is 1. The van der Waals surface area contributed by atoms with Crippen molar-refractivity contribution in [2.24, 2.45) is 26.2 Å². The van der Waals surface area contributed by atoms with Gasteiger partial charge >= 0.3 is 0 Å². The molecule has 0 saturated carbocycles. The second kappa shape index (κ2) is 9.94. The molecular formula is C15H14Cl3N5. The maximum absolute atomic E-state index is 5.80. The van der Waals surface area contributed by atoms with E-state index in [2.05, 4.69) is 20.4 Å². The van der Waals surface area contributed by atoms with Gasteiger partial charge in [-0.3, -0.25) is 0 Å². The molecule has 0 aliphatic carbocycles. The number of nitrogens with zero attached hydrogens (tertiary/aromatic N) is 4. The summed E-state index contributed by atoms with van der Waals surface area (Å²) in [4.78, 5) is 0. The minimum atomic E-state index is -0.0147. The van der Waals surface area contributed by atoms with Crippen LogP contribution in [0.25, 0.3) is 0 Å². The summed E-state index contributed by atoms with van der Waals surface area (Å²) in [7, 11) is 0. The highest BCUT2D eigenvalue weighted by molar-refractivity contribution is 6.30.